The molecule has 114 valence electrons. The third-order valence-corrected chi connectivity index (χ3v) is 5.42. The van der Waals surface area contributed by atoms with Crippen LogP contribution in [0, 0.1) is 0 Å². The van der Waals surface area contributed by atoms with E-state index in [1.165, 1.54) is 41.7 Å². The van der Waals surface area contributed by atoms with Gasteiger partial charge in [-0.25, -0.2) is 0 Å². The van der Waals surface area contributed by atoms with Crippen LogP contribution in [-0.4, -0.2) is 5.25 Å². The first-order chi connectivity index (χ1) is 10.8. The van der Waals surface area contributed by atoms with E-state index in [9.17, 15) is 0 Å². The van der Waals surface area contributed by atoms with Crippen LogP contribution in [0.25, 0.3) is 0 Å². The number of hydrogen-bond donors (Lipinski definition) is 0. The lowest BCUT2D eigenvalue weighted by Crippen LogP contribution is -2.09. The van der Waals surface area contributed by atoms with Gasteiger partial charge in [-0.1, -0.05) is 54.6 Å². The molecule has 0 N–H and O–H groups in total. The van der Waals surface area contributed by atoms with Crippen LogP contribution in [0.2, 0.25) is 0 Å². The fourth-order valence-corrected chi connectivity index (χ4v) is 3.93. The van der Waals surface area contributed by atoms with Crippen molar-refractivity contribution >= 4 is 11.8 Å². The SMILES string of the molecule is C=C1CCC(Sc2ccccc2OCc2ccccc2)CC1. The maximum Gasteiger partial charge on any atom is 0.133 e. The van der Waals surface area contributed by atoms with Crippen molar-refractivity contribution in [3.8, 4) is 5.75 Å². The summed E-state index contributed by atoms with van der Waals surface area (Å²) in [6.45, 7) is 4.73. The third-order valence-electron chi connectivity index (χ3n) is 4.02. The third kappa shape index (κ3) is 4.17. The predicted octanol–water partition coefficient (Wildman–Crippen LogP) is 5.86. The monoisotopic (exact) mass is 310 g/mol. The van der Waals surface area contributed by atoms with E-state index >= 15 is 0 Å². The van der Waals surface area contributed by atoms with Gasteiger partial charge in [-0.3, -0.25) is 0 Å². The summed E-state index contributed by atoms with van der Waals surface area (Å²) >= 11 is 1.96. The molecule has 0 aromatic heterocycles. The molecule has 1 aliphatic carbocycles. The summed E-state index contributed by atoms with van der Waals surface area (Å²) in [5, 5.41) is 0.687. The topological polar surface area (TPSA) is 9.23 Å². The van der Waals surface area contributed by atoms with Gasteiger partial charge in [-0.15, -0.1) is 11.8 Å². The van der Waals surface area contributed by atoms with Crippen molar-refractivity contribution in [3.63, 3.8) is 0 Å². The van der Waals surface area contributed by atoms with Gasteiger partial charge in [0, 0.05) is 10.1 Å². The lowest BCUT2D eigenvalue weighted by Gasteiger charge is -2.23. The van der Waals surface area contributed by atoms with Gasteiger partial charge >= 0.3 is 0 Å². The van der Waals surface area contributed by atoms with Gasteiger partial charge in [0.2, 0.25) is 0 Å². The highest BCUT2D eigenvalue weighted by atomic mass is 32.2. The average Bonchev–Trinajstić information content (AvgIpc) is 2.57. The smallest absolute Gasteiger partial charge is 0.133 e. The van der Waals surface area contributed by atoms with E-state index in [-0.39, 0.29) is 0 Å². The first kappa shape index (κ1) is 15.2. The Labute approximate surface area is 137 Å². The number of ether oxygens (including phenoxy) is 1. The molecule has 2 aromatic carbocycles. The molecule has 0 atom stereocenters. The molecule has 0 spiro atoms. The Morgan fingerprint density at radius 1 is 0.955 bits per heavy atom. The standard InChI is InChI=1S/C20H22OS/c1-16-11-13-18(14-12-16)22-20-10-6-5-9-19(20)21-15-17-7-3-2-4-8-17/h2-10,18H,1,11-15H2. The van der Waals surface area contributed by atoms with Crippen molar-refractivity contribution in [3.05, 3.63) is 72.3 Å². The highest BCUT2D eigenvalue weighted by Crippen LogP contribution is 2.39. The van der Waals surface area contributed by atoms with Crippen molar-refractivity contribution in [2.75, 3.05) is 0 Å². The minimum atomic E-state index is 0.625. The van der Waals surface area contributed by atoms with Gasteiger partial charge < -0.3 is 4.74 Å². The van der Waals surface area contributed by atoms with Crippen molar-refractivity contribution < 1.29 is 4.74 Å². The highest BCUT2D eigenvalue weighted by molar-refractivity contribution is 8.00. The maximum atomic E-state index is 6.05. The minimum Gasteiger partial charge on any atom is -0.488 e. The lowest BCUT2D eigenvalue weighted by atomic mass is 9.96. The first-order valence-corrected chi connectivity index (χ1v) is 8.78. The van der Waals surface area contributed by atoms with Gasteiger partial charge in [0.15, 0.2) is 0 Å². The zero-order valence-corrected chi connectivity index (χ0v) is 13.6. The predicted molar refractivity (Wildman–Crippen MR) is 94.5 cm³/mol. The Morgan fingerprint density at radius 2 is 1.64 bits per heavy atom. The second-order valence-electron chi connectivity index (χ2n) is 5.79. The van der Waals surface area contributed by atoms with Crippen LogP contribution < -0.4 is 4.74 Å². The zero-order valence-electron chi connectivity index (χ0n) is 12.8. The highest BCUT2D eigenvalue weighted by Gasteiger charge is 2.18. The van der Waals surface area contributed by atoms with Crippen molar-refractivity contribution in [1.29, 1.82) is 0 Å². The summed E-state index contributed by atoms with van der Waals surface area (Å²) < 4.78 is 6.05. The largest absolute Gasteiger partial charge is 0.488 e. The summed E-state index contributed by atoms with van der Waals surface area (Å²) in [7, 11) is 0. The summed E-state index contributed by atoms with van der Waals surface area (Å²) in [5.41, 5.74) is 2.61. The Bertz CT molecular complexity index is 611. The molecule has 0 heterocycles. The molecule has 0 aliphatic heterocycles. The fraction of sp³-hybridized carbons (Fsp3) is 0.300. The Kier molecular flexibility index (Phi) is 5.23. The maximum absolute atomic E-state index is 6.05. The number of thioether (sulfide) groups is 1. The fourth-order valence-electron chi connectivity index (χ4n) is 2.70. The summed E-state index contributed by atoms with van der Waals surface area (Å²) in [6, 6.07) is 18.7. The van der Waals surface area contributed by atoms with Gasteiger partial charge in [-0.05, 0) is 43.4 Å². The van der Waals surface area contributed by atoms with Crippen LogP contribution in [0.4, 0.5) is 0 Å². The Balaban J connectivity index is 1.63. The van der Waals surface area contributed by atoms with Crippen molar-refractivity contribution in [1.82, 2.24) is 0 Å². The van der Waals surface area contributed by atoms with E-state index in [4.69, 9.17) is 4.74 Å². The second-order valence-corrected chi connectivity index (χ2v) is 7.13. The van der Waals surface area contributed by atoms with Crippen molar-refractivity contribution in [2.45, 2.75) is 42.4 Å². The molecule has 2 heteroatoms. The van der Waals surface area contributed by atoms with Crippen LogP contribution in [-0.2, 0) is 6.61 Å². The van der Waals surface area contributed by atoms with Crippen LogP contribution >= 0.6 is 11.8 Å². The van der Waals surface area contributed by atoms with E-state index in [0.29, 0.717) is 11.9 Å². The molecular weight excluding hydrogens is 288 g/mol. The van der Waals surface area contributed by atoms with E-state index in [2.05, 4.69) is 36.9 Å². The quantitative estimate of drug-likeness (QED) is 0.640. The molecule has 0 unspecified atom stereocenters. The molecule has 0 radical (unpaired) electrons. The number of allylic oxidation sites excluding steroid dienone is 1. The Hall–Kier alpha value is -1.67. The minimum absolute atomic E-state index is 0.625. The number of para-hydroxylation sites is 1. The molecule has 1 nitrogen and oxygen atoms in total. The zero-order chi connectivity index (χ0) is 15.2. The lowest BCUT2D eigenvalue weighted by molar-refractivity contribution is 0.299. The molecule has 0 saturated heterocycles. The van der Waals surface area contributed by atoms with Gasteiger partial charge in [-0.2, -0.15) is 0 Å². The van der Waals surface area contributed by atoms with Gasteiger partial charge in [0.1, 0.15) is 12.4 Å². The number of benzene rings is 2. The molecule has 2 aromatic rings. The van der Waals surface area contributed by atoms with Crippen LogP contribution in [0.1, 0.15) is 31.2 Å². The number of rotatable bonds is 5. The Morgan fingerprint density at radius 3 is 2.41 bits per heavy atom. The molecule has 0 bridgehead atoms. The van der Waals surface area contributed by atoms with Gasteiger partial charge in [0.05, 0.1) is 0 Å². The molecule has 1 saturated carbocycles. The summed E-state index contributed by atoms with van der Waals surface area (Å²) in [6.07, 6.45) is 4.81. The van der Waals surface area contributed by atoms with Crippen LogP contribution in [0.15, 0.2) is 71.6 Å². The molecule has 1 fully saturated rings. The second kappa shape index (κ2) is 7.55. The van der Waals surface area contributed by atoms with Crippen LogP contribution in [0.5, 0.6) is 5.75 Å². The van der Waals surface area contributed by atoms with Crippen LogP contribution in [0.3, 0.4) is 0 Å². The number of hydrogen-bond acceptors (Lipinski definition) is 2. The molecule has 3 rings (SSSR count). The molecule has 1 aliphatic rings. The average molecular weight is 310 g/mol. The van der Waals surface area contributed by atoms with Gasteiger partial charge in [0.25, 0.3) is 0 Å². The molecule has 22 heavy (non-hydrogen) atoms. The van der Waals surface area contributed by atoms with E-state index in [0.717, 1.165) is 5.75 Å². The normalized spacial score (nSPS) is 15.7. The molecule has 0 amide bonds. The summed E-state index contributed by atoms with van der Waals surface area (Å²) in [4.78, 5) is 1.26. The van der Waals surface area contributed by atoms with E-state index in [1.807, 2.05) is 36.0 Å². The van der Waals surface area contributed by atoms with E-state index in [1.54, 1.807) is 0 Å². The summed E-state index contributed by atoms with van der Waals surface area (Å²) in [5.74, 6) is 1.00. The first-order valence-electron chi connectivity index (χ1n) is 7.90. The van der Waals surface area contributed by atoms with Crippen molar-refractivity contribution in [2.24, 2.45) is 0 Å². The molecular formula is C20H22OS. The van der Waals surface area contributed by atoms with E-state index < -0.39 is 0 Å².